The van der Waals surface area contributed by atoms with Crippen molar-refractivity contribution < 1.29 is 5.11 Å². The zero-order valence-corrected chi connectivity index (χ0v) is 8.07. The minimum absolute atomic E-state index is 0.201. The van der Waals surface area contributed by atoms with Gasteiger partial charge in [-0.05, 0) is 25.1 Å². The lowest BCUT2D eigenvalue weighted by Gasteiger charge is -2.12. The third-order valence-corrected chi connectivity index (χ3v) is 2.34. The average Bonchev–Trinajstić information content (AvgIpc) is 2.16. The maximum Gasteiger partial charge on any atom is 0.145 e. The number of hydrogen-bond donors (Lipinski definition) is 2. The normalized spacial score (nSPS) is 10.7. The fourth-order valence-electron chi connectivity index (χ4n) is 1.40. The van der Waals surface area contributed by atoms with E-state index in [1.807, 2.05) is 0 Å². The van der Waals surface area contributed by atoms with Gasteiger partial charge in [-0.2, -0.15) is 5.10 Å². The molecule has 2 rings (SSSR count). The van der Waals surface area contributed by atoms with Gasteiger partial charge in [0.05, 0.1) is 16.7 Å². The molecule has 72 valence electrons. The maximum atomic E-state index is 9.82. The number of aromatic nitrogens is 2. The standard InChI is InChI=1S/C10H11N3O/c1-6-10(14)8-5-7(11)3-4-9(8)12-13(6)2/h3-5,11,14H,1-2H3. The van der Waals surface area contributed by atoms with Gasteiger partial charge in [-0.3, -0.25) is 4.68 Å². The predicted octanol–water partition coefficient (Wildman–Crippen LogP) is 1.02. The van der Waals surface area contributed by atoms with Gasteiger partial charge in [-0.15, -0.1) is 0 Å². The highest BCUT2D eigenvalue weighted by atomic mass is 16.3. The van der Waals surface area contributed by atoms with Crippen molar-refractivity contribution in [3.8, 4) is 17.0 Å². The number of rotatable bonds is 0. The average molecular weight is 189 g/mol. The van der Waals surface area contributed by atoms with Gasteiger partial charge in [0.25, 0.3) is 0 Å². The van der Waals surface area contributed by atoms with Crippen molar-refractivity contribution in [1.29, 1.82) is 5.41 Å². The van der Waals surface area contributed by atoms with Crippen LogP contribution >= 0.6 is 0 Å². The molecule has 4 nitrogen and oxygen atoms in total. The molecule has 0 saturated heterocycles. The van der Waals surface area contributed by atoms with Crippen molar-refractivity contribution in [3.63, 3.8) is 0 Å². The summed E-state index contributed by atoms with van der Waals surface area (Å²) in [5, 5.41) is 21.9. The Hall–Kier alpha value is -1.84. The Morgan fingerprint density at radius 3 is 2.86 bits per heavy atom. The first-order valence-electron chi connectivity index (χ1n) is 4.31. The Bertz CT molecular complexity index is 516. The Balaban J connectivity index is 2.92. The summed E-state index contributed by atoms with van der Waals surface area (Å²) < 4.78 is 1.63. The monoisotopic (exact) mass is 189 g/mol. The summed E-state index contributed by atoms with van der Waals surface area (Å²) in [6, 6.07) is 5.01. The van der Waals surface area contributed by atoms with Gasteiger partial charge in [0, 0.05) is 12.6 Å². The van der Waals surface area contributed by atoms with Crippen molar-refractivity contribution in [2.45, 2.75) is 6.92 Å². The van der Waals surface area contributed by atoms with E-state index in [2.05, 4.69) is 5.10 Å². The third kappa shape index (κ3) is 1.16. The highest BCUT2D eigenvalue weighted by Gasteiger charge is 2.12. The Kier molecular flexibility index (Phi) is 1.77. The Labute approximate surface area is 81.3 Å². The van der Waals surface area contributed by atoms with Gasteiger partial charge in [-0.1, -0.05) is 0 Å². The van der Waals surface area contributed by atoms with Crippen molar-refractivity contribution in [2.75, 3.05) is 0 Å². The van der Waals surface area contributed by atoms with Crippen molar-refractivity contribution in [2.24, 2.45) is 7.05 Å². The number of hydrogen-bond acceptors (Lipinski definition) is 3. The van der Waals surface area contributed by atoms with Crippen LogP contribution in [0.15, 0.2) is 18.2 Å². The molecule has 2 aliphatic rings. The topological polar surface area (TPSA) is 61.9 Å². The molecule has 1 heterocycles. The predicted molar refractivity (Wildman–Crippen MR) is 52.1 cm³/mol. The molecule has 1 aliphatic heterocycles. The van der Waals surface area contributed by atoms with Crippen LogP contribution in [-0.4, -0.2) is 14.9 Å². The van der Waals surface area contributed by atoms with Crippen LogP contribution in [0.5, 0.6) is 5.75 Å². The molecule has 0 unspecified atom stereocenters. The van der Waals surface area contributed by atoms with Crippen LogP contribution in [0, 0.1) is 12.3 Å². The number of fused-ring (bicyclic) bond motifs is 1. The lowest BCUT2D eigenvalue weighted by Crippen LogP contribution is -2.08. The lowest BCUT2D eigenvalue weighted by molar-refractivity contribution is 0.458. The minimum Gasteiger partial charge on any atom is -0.505 e. The SMILES string of the molecule is Cc1c(O)c2cc(=N)ccc-2nn1C. The van der Waals surface area contributed by atoms with Crippen molar-refractivity contribution in [1.82, 2.24) is 9.78 Å². The first-order chi connectivity index (χ1) is 6.59. The largest absolute Gasteiger partial charge is 0.505 e. The van der Waals surface area contributed by atoms with Crippen molar-refractivity contribution in [3.05, 3.63) is 29.3 Å². The fourth-order valence-corrected chi connectivity index (χ4v) is 1.40. The van der Waals surface area contributed by atoms with E-state index in [-0.39, 0.29) is 5.75 Å². The summed E-state index contributed by atoms with van der Waals surface area (Å²) in [5.74, 6) is 0.201. The van der Waals surface area contributed by atoms with E-state index in [1.165, 1.54) is 0 Å². The summed E-state index contributed by atoms with van der Waals surface area (Å²) in [5.41, 5.74) is 2.03. The van der Waals surface area contributed by atoms with Crippen LogP contribution in [0.1, 0.15) is 5.69 Å². The van der Waals surface area contributed by atoms with Crippen LogP contribution in [0.4, 0.5) is 0 Å². The Morgan fingerprint density at radius 2 is 2.14 bits per heavy atom. The second-order valence-corrected chi connectivity index (χ2v) is 3.29. The summed E-state index contributed by atoms with van der Waals surface area (Å²) in [4.78, 5) is 0. The molecular weight excluding hydrogens is 178 g/mol. The fraction of sp³-hybridized carbons (Fsp3) is 0.200. The quantitative estimate of drug-likeness (QED) is 0.650. The molecule has 0 amide bonds. The minimum atomic E-state index is 0.201. The highest BCUT2D eigenvalue weighted by Crippen LogP contribution is 2.29. The highest BCUT2D eigenvalue weighted by molar-refractivity contribution is 5.68. The van der Waals surface area contributed by atoms with Gasteiger partial charge in [0.2, 0.25) is 0 Å². The van der Waals surface area contributed by atoms with E-state index >= 15 is 0 Å². The number of aryl methyl sites for hydroxylation is 1. The molecule has 0 aromatic carbocycles. The van der Waals surface area contributed by atoms with Gasteiger partial charge in [-0.25, -0.2) is 0 Å². The smallest absolute Gasteiger partial charge is 0.145 e. The second-order valence-electron chi connectivity index (χ2n) is 3.29. The second kappa shape index (κ2) is 2.83. The van der Waals surface area contributed by atoms with Gasteiger partial charge in [0.15, 0.2) is 0 Å². The van der Waals surface area contributed by atoms with Crippen LogP contribution in [0.3, 0.4) is 0 Å². The molecule has 0 bridgehead atoms. The third-order valence-electron chi connectivity index (χ3n) is 2.34. The summed E-state index contributed by atoms with van der Waals surface area (Å²) >= 11 is 0. The number of nitrogens with one attached hydrogen (secondary N) is 1. The van der Waals surface area contributed by atoms with E-state index in [0.29, 0.717) is 22.3 Å². The van der Waals surface area contributed by atoms with Gasteiger partial charge >= 0.3 is 0 Å². The zero-order valence-electron chi connectivity index (χ0n) is 8.07. The van der Waals surface area contributed by atoms with Crippen LogP contribution in [0.2, 0.25) is 0 Å². The molecule has 1 aliphatic carbocycles. The van der Waals surface area contributed by atoms with E-state index in [9.17, 15) is 5.11 Å². The molecule has 4 heteroatoms. The van der Waals surface area contributed by atoms with Crippen LogP contribution in [0.25, 0.3) is 11.3 Å². The lowest BCUT2D eigenvalue weighted by atomic mass is 10.1. The summed E-state index contributed by atoms with van der Waals surface area (Å²) in [6.07, 6.45) is 0. The molecule has 2 N–H and O–H groups in total. The van der Waals surface area contributed by atoms with Crippen LogP contribution in [-0.2, 0) is 7.05 Å². The molecule has 0 radical (unpaired) electrons. The molecule has 0 atom stereocenters. The molecule has 0 aromatic rings. The molecule has 0 spiro atoms. The zero-order chi connectivity index (χ0) is 10.3. The first-order valence-corrected chi connectivity index (χ1v) is 4.31. The number of aromatic hydroxyl groups is 1. The van der Waals surface area contributed by atoms with Crippen molar-refractivity contribution >= 4 is 0 Å². The molecule has 0 aromatic heterocycles. The molecule has 0 fully saturated rings. The summed E-state index contributed by atoms with van der Waals surface area (Å²) in [7, 11) is 1.78. The van der Waals surface area contributed by atoms with Gasteiger partial charge < -0.3 is 10.5 Å². The van der Waals surface area contributed by atoms with E-state index < -0.39 is 0 Å². The van der Waals surface area contributed by atoms with E-state index in [0.717, 1.165) is 0 Å². The number of benzene rings is 1. The Morgan fingerprint density at radius 1 is 1.43 bits per heavy atom. The van der Waals surface area contributed by atoms with E-state index in [4.69, 9.17) is 5.41 Å². The molecular formula is C10H11N3O. The van der Waals surface area contributed by atoms with E-state index in [1.54, 1.807) is 36.9 Å². The van der Waals surface area contributed by atoms with Gasteiger partial charge in [0.1, 0.15) is 5.75 Å². The maximum absolute atomic E-state index is 9.82. The number of nitrogens with zero attached hydrogens (tertiary/aromatic N) is 2. The molecule has 0 saturated carbocycles. The molecule has 14 heavy (non-hydrogen) atoms. The van der Waals surface area contributed by atoms with Crippen LogP contribution < -0.4 is 5.36 Å². The first kappa shape index (κ1) is 8.74. The summed E-state index contributed by atoms with van der Waals surface area (Å²) in [6.45, 7) is 1.79.